The van der Waals surface area contributed by atoms with Gasteiger partial charge in [0.25, 0.3) is 0 Å². The number of unbranched alkanes of at least 4 members (excludes halogenated alkanes) is 2. The van der Waals surface area contributed by atoms with E-state index < -0.39 is 0 Å². The first-order valence-electron chi connectivity index (χ1n) is 19.7. The van der Waals surface area contributed by atoms with E-state index in [0.717, 1.165) is 6.42 Å². The molecule has 0 bridgehead atoms. The van der Waals surface area contributed by atoms with E-state index in [1.807, 2.05) is 0 Å². The van der Waals surface area contributed by atoms with E-state index in [1.165, 1.54) is 101 Å². The normalized spacial score (nSPS) is 12.7. The van der Waals surface area contributed by atoms with Crippen molar-refractivity contribution < 1.29 is 0 Å². The van der Waals surface area contributed by atoms with Gasteiger partial charge in [0.15, 0.2) is 0 Å². The Bertz CT molecular complexity index is 1160. The molecular formula is C47H82. The summed E-state index contributed by atoms with van der Waals surface area (Å²) >= 11 is 0. The van der Waals surface area contributed by atoms with E-state index >= 15 is 0 Å². The van der Waals surface area contributed by atoms with Gasteiger partial charge in [-0.25, -0.2) is 0 Å². The Balaban J connectivity index is 0.000000470. The molecule has 0 aromatic heterocycles. The van der Waals surface area contributed by atoms with Crippen LogP contribution < -0.4 is 0 Å². The Labute approximate surface area is 296 Å². The van der Waals surface area contributed by atoms with Crippen LogP contribution in [-0.4, -0.2) is 0 Å². The fourth-order valence-electron chi connectivity index (χ4n) is 7.04. The third kappa shape index (κ3) is 19.3. The van der Waals surface area contributed by atoms with E-state index in [0.29, 0.717) is 21.7 Å². The van der Waals surface area contributed by atoms with E-state index in [1.54, 1.807) is 33.4 Å². The van der Waals surface area contributed by atoms with E-state index in [9.17, 15) is 0 Å². The molecule has 0 heteroatoms. The van der Waals surface area contributed by atoms with Gasteiger partial charge >= 0.3 is 0 Å². The molecular weight excluding hydrogens is 565 g/mol. The topological polar surface area (TPSA) is 0 Å². The molecule has 2 aromatic carbocycles. The van der Waals surface area contributed by atoms with Gasteiger partial charge in [0.2, 0.25) is 0 Å². The van der Waals surface area contributed by atoms with Crippen molar-refractivity contribution in [3.8, 4) is 0 Å². The quantitative estimate of drug-likeness (QED) is 0.169. The lowest BCUT2D eigenvalue weighted by Crippen LogP contribution is -2.10. The molecule has 2 rings (SSSR count). The summed E-state index contributed by atoms with van der Waals surface area (Å²) in [4.78, 5) is 0. The predicted molar refractivity (Wildman–Crippen MR) is 215 cm³/mol. The third-order valence-corrected chi connectivity index (χ3v) is 9.99. The maximum absolute atomic E-state index is 2.45. The molecule has 0 aliphatic rings. The summed E-state index contributed by atoms with van der Waals surface area (Å²) < 4.78 is 0. The van der Waals surface area contributed by atoms with E-state index in [4.69, 9.17) is 0 Å². The number of aryl methyl sites for hydroxylation is 4. The lowest BCUT2D eigenvalue weighted by Gasteiger charge is -2.23. The largest absolute Gasteiger partial charge is 0.0617 e. The summed E-state index contributed by atoms with van der Waals surface area (Å²) in [5, 5.41) is 0. The molecule has 0 spiro atoms. The first-order chi connectivity index (χ1) is 21.5. The predicted octanol–water partition coefficient (Wildman–Crippen LogP) is 15.1. The standard InChI is InChI=1S/C24H42.C23H40/c1-10-20-17-18(2)21(13-11-15-23(4,5)6)22(19(20)3)14-12-16-24(7,8)9;1-19-13-12-15-20(14-8-10-17-22(2,3)4)21(19)16-9-11-18-23(5,6)7/h17H,10-16H2,1-9H3;12-13,15H,8-11,14,16-18H2,1-7H3. The Hall–Kier alpha value is -1.56. The van der Waals surface area contributed by atoms with Gasteiger partial charge in [0, 0.05) is 0 Å². The van der Waals surface area contributed by atoms with Crippen molar-refractivity contribution in [3.63, 3.8) is 0 Å². The van der Waals surface area contributed by atoms with Gasteiger partial charge in [-0.1, -0.05) is 127 Å². The van der Waals surface area contributed by atoms with E-state index in [-0.39, 0.29) is 0 Å². The number of benzene rings is 2. The SMILES string of the molecule is CCc1cc(C)c(CCCC(C)(C)C)c(CCCC(C)(C)C)c1C.Cc1cccc(CCCCC(C)(C)C)c1CCCCC(C)(C)C. The maximum atomic E-state index is 2.45. The van der Waals surface area contributed by atoms with Crippen LogP contribution in [0.25, 0.3) is 0 Å². The highest BCUT2D eigenvalue weighted by Gasteiger charge is 2.17. The van der Waals surface area contributed by atoms with Crippen molar-refractivity contribution >= 4 is 0 Å². The summed E-state index contributed by atoms with van der Waals surface area (Å²) in [5.41, 5.74) is 14.5. The van der Waals surface area contributed by atoms with Crippen LogP contribution >= 0.6 is 0 Å². The van der Waals surface area contributed by atoms with Gasteiger partial charge in [-0.3, -0.25) is 0 Å². The molecule has 0 saturated carbocycles. The van der Waals surface area contributed by atoms with Crippen molar-refractivity contribution in [2.45, 2.75) is 207 Å². The second-order valence-corrected chi connectivity index (χ2v) is 19.9. The zero-order valence-electron chi connectivity index (χ0n) is 34.9. The van der Waals surface area contributed by atoms with Crippen LogP contribution in [0.3, 0.4) is 0 Å². The number of rotatable bonds is 15. The van der Waals surface area contributed by atoms with Gasteiger partial charge in [-0.15, -0.1) is 0 Å². The van der Waals surface area contributed by atoms with Gasteiger partial charge in [-0.05, 0) is 170 Å². The minimum Gasteiger partial charge on any atom is -0.0617 e. The molecule has 2 aromatic rings. The number of hydrogen-bond acceptors (Lipinski definition) is 0. The zero-order chi connectivity index (χ0) is 36.1. The summed E-state index contributed by atoms with van der Waals surface area (Å²) in [7, 11) is 0. The molecule has 0 aliphatic carbocycles. The molecule has 0 unspecified atom stereocenters. The first-order valence-corrected chi connectivity index (χ1v) is 19.7. The first kappa shape index (κ1) is 43.5. The highest BCUT2D eigenvalue weighted by atomic mass is 14.2. The van der Waals surface area contributed by atoms with Gasteiger partial charge in [0.05, 0.1) is 0 Å². The summed E-state index contributed by atoms with van der Waals surface area (Å²) in [6, 6.07) is 9.35. The molecule has 0 nitrogen and oxygen atoms in total. The van der Waals surface area contributed by atoms with Gasteiger partial charge in [-0.2, -0.15) is 0 Å². The Kier molecular flexibility index (Phi) is 18.1. The minimum absolute atomic E-state index is 0.442. The van der Waals surface area contributed by atoms with Crippen LogP contribution in [0.15, 0.2) is 24.3 Å². The molecule has 0 saturated heterocycles. The van der Waals surface area contributed by atoms with Crippen LogP contribution in [0.5, 0.6) is 0 Å². The van der Waals surface area contributed by atoms with Crippen molar-refractivity contribution in [1.29, 1.82) is 0 Å². The maximum Gasteiger partial charge on any atom is -0.0273 e. The smallest absolute Gasteiger partial charge is 0.0273 e. The second kappa shape index (κ2) is 19.6. The number of hydrogen-bond donors (Lipinski definition) is 0. The van der Waals surface area contributed by atoms with Crippen LogP contribution in [0, 0.1) is 42.4 Å². The van der Waals surface area contributed by atoms with Crippen LogP contribution in [-0.2, 0) is 32.1 Å². The third-order valence-electron chi connectivity index (χ3n) is 9.99. The van der Waals surface area contributed by atoms with Gasteiger partial charge in [0.1, 0.15) is 0 Å². The Morgan fingerprint density at radius 2 is 0.851 bits per heavy atom. The van der Waals surface area contributed by atoms with Crippen molar-refractivity contribution in [2.24, 2.45) is 21.7 Å². The highest BCUT2D eigenvalue weighted by molar-refractivity contribution is 5.45. The second-order valence-electron chi connectivity index (χ2n) is 19.9. The lowest BCUT2D eigenvalue weighted by molar-refractivity contribution is 0.359. The molecule has 0 amide bonds. The highest BCUT2D eigenvalue weighted by Crippen LogP contribution is 2.31. The molecule has 0 N–H and O–H groups in total. The summed E-state index contributed by atoms with van der Waals surface area (Å²) in [6.45, 7) is 37.5. The molecule has 0 heterocycles. The fraction of sp³-hybridized carbons (Fsp3) is 0.745. The fourth-order valence-corrected chi connectivity index (χ4v) is 7.04. The molecule has 0 aliphatic heterocycles. The molecule has 0 radical (unpaired) electrons. The lowest BCUT2D eigenvalue weighted by atomic mass is 9.83. The van der Waals surface area contributed by atoms with Crippen LogP contribution in [0.1, 0.15) is 199 Å². The Morgan fingerprint density at radius 3 is 1.32 bits per heavy atom. The average Bonchev–Trinajstić information content (AvgIpc) is 2.91. The summed E-state index contributed by atoms with van der Waals surface area (Å²) in [5.74, 6) is 0. The molecule has 0 fully saturated rings. The monoisotopic (exact) mass is 647 g/mol. The van der Waals surface area contributed by atoms with E-state index in [2.05, 4.69) is 135 Å². The molecule has 47 heavy (non-hydrogen) atoms. The average molecular weight is 647 g/mol. The van der Waals surface area contributed by atoms with Crippen LogP contribution in [0.2, 0.25) is 0 Å². The van der Waals surface area contributed by atoms with Crippen molar-refractivity contribution in [2.75, 3.05) is 0 Å². The summed E-state index contributed by atoms with van der Waals surface area (Å²) in [6.07, 6.45) is 19.4. The van der Waals surface area contributed by atoms with Gasteiger partial charge < -0.3 is 0 Å². The minimum atomic E-state index is 0.442. The molecule has 270 valence electrons. The Morgan fingerprint density at radius 1 is 0.426 bits per heavy atom. The van der Waals surface area contributed by atoms with Crippen molar-refractivity contribution in [3.05, 3.63) is 68.8 Å². The van der Waals surface area contributed by atoms with Crippen LogP contribution in [0.4, 0.5) is 0 Å². The molecule has 0 atom stereocenters. The van der Waals surface area contributed by atoms with Crippen molar-refractivity contribution in [1.82, 2.24) is 0 Å². The zero-order valence-corrected chi connectivity index (χ0v) is 34.9.